The molecule has 3 rings (SSSR count). The summed E-state index contributed by atoms with van der Waals surface area (Å²) in [5.74, 6) is 1.13. The summed E-state index contributed by atoms with van der Waals surface area (Å²) in [5, 5.41) is 0. The summed E-state index contributed by atoms with van der Waals surface area (Å²) < 4.78 is 0. The summed E-state index contributed by atoms with van der Waals surface area (Å²) in [7, 11) is 0. The van der Waals surface area contributed by atoms with Gasteiger partial charge >= 0.3 is 0 Å². The highest BCUT2D eigenvalue weighted by Crippen LogP contribution is 2.28. The van der Waals surface area contributed by atoms with Gasteiger partial charge in [0.15, 0.2) is 0 Å². The van der Waals surface area contributed by atoms with E-state index < -0.39 is 0 Å². The second kappa shape index (κ2) is 5.61. The van der Waals surface area contributed by atoms with Crippen molar-refractivity contribution in [3.8, 4) is 11.3 Å². The van der Waals surface area contributed by atoms with Crippen molar-refractivity contribution in [1.29, 1.82) is 0 Å². The molecular weight excluding hydrogens is 264 g/mol. The smallest absolute Gasteiger partial charge is 0.227 e. The quantitative estimate of drug-likeness (QED) is 0.931. The van der Waals surface area contributed by atoms with Crippen molar-refractivity contribution in [3.63, 3.8) is 0 Å². The average Bonchev–Trinajstić information content (AvgIpc) is 2.89. The predicted octanol–water partition coefficient (Wildman–Crippen LogP) is 1.76. The monoisotopic (exact) mass is 282 g/mol. The van der Waals surface area contributed by atoms with E-state index in [1.807, 2.05) is 42.2 Å². The molecule has 1 atom stereocenters. The molecule has 0 spiro atoms. The summed E-state index contributed by atoms with van der Waals surface area (Å²) in [6.45, 7) is 3.11. The van der Waals surface area contributed by atoms with Crippen LogP contribution < -0.4 is 10.6 Å². The molecule has 1 fully saturated rings. The Bertz CT molecular complexity index is 671. The summed E-state index contributed by atoms with van der Waals surface area (Å²) in [5.41, 5.74) is 8.44. The Kier molecular flexibility index (Phi) is 3.66. The SMILES string of the molecule is Cc1nccc(-c2cccc(N3CC(CN)CC3=O)c2)n1. The molecule has 0 saturated carbocycles. The first kappa shape index (κ1) is 13.7. The number of nitrogens with zero attached hydrogens (tertiary/aromatic N) is 3. The molecule has 2 aromatic rings. The van der Waals surface area contributed by atoms with Crippen LogP contribution in [0.1, 0.15) is 12.2 Å². The van der Waals surface area contributed by atoms with Gasteiger partial charge in [-0.15, -0.1) is 0 Å². The first-order chi connectivity index (χ1) is 10.2. The van der Waals surface area contributed by atoms with E-state index in [2.05, 4.69) is 9.97 Å². The zero-order valence-electron chi connectivity index (χ0n) is 12.0. The van der Waals surface area contributed by atoms with Crippen LogP contribution in [-0.4, -0.2) is 29.0 Å². The van der Waals surface area contributed by atoms with E-state index in [0.717, 1.165) is 22.8 Å². The Morgan fingerprint density at radius 3 is 2.95 bits per heavy atom. The highest BCUT2D eigenvalue weighted by molar-refractivity contribution is 5.96. The third kappa shape index (κ3) is 2.78. The lowest BCUT2D eigenvalue weighted by Crippen LogP contribution is -2.25. The topological polar surface area (TPSA) is 72.1 Å². The van der Waals surface area contributed by atoms with E-state index in [9.17, 15) is 4.79 Å². The third-order valence-corrected chi connectivity index (χ3v) is 3.77. The van der Waals surface area contributed by atoms with Crippen molar-refractivity contribution in [3.05, 3.63) is 42.4 Å². The maximum Gasteiger partial charge on any atom is 0.227 e. The lowest BCUT2D eigenvalue weighted by molar-refractivity contribution is -0.117. The van der Waals surface area contributed by atoms with Crippen LogP contribution in [0.2, 0.25) is 0 Å². The summed E-state index contributed by atoms with van der Waals surface area (Å²) >= 11 is 0. The van der Waals surface area contributed by atoms with Gasteiger partial charge in [-0.2, -0.15) is 0 Å². The largest absolute Gasteiger partial charge is 0.330 e. The van der Waals surface area contributed by atoms with Gasteiger partial charge in [0, 0.05) is 30.4 Å². The van der Waals surface area contributed by atoms with Crippen LogP contribution in [0, 0.1) is 12.8 Å². The number of nitrogens with two attached hydrogens (primary N) is 1. The molecule has 2 N–H and O–H groups in total. The van der Waals surface area contributed by atoms with Crippen LogP contribution in [-0.2, 0) is 4.79 Å². The first-order valence-electron chi connectivity index (χ1n) is 7.08. The Morgan fingerprint density at radius 1 is 1.38 bits per heavy atom. The maximum absolute atomic E-state index is 12.1. The molecule has 1 aromatic heterocycles. The van der Waals surface area contributed by atoms with E-state index in [4.69, 9.17) is 5.73 Å². The highest BCUT2D eigenvalue weighted by Gasteiger charge is 2.29. The first-order valence-corrected chi connectivity index (χ1v) is 7.08. The number of carbonyl (C=O) groups is 1. The molecule has 5 nitrogen and oxygen atoms in total. The summed E-state index contributed by atoms with van der Waals surface area (Å²) in [6, 6.07) is 9.77. The lowest BCUT2D eigenvalue weighted by Gasteiger charge is -2.17. The van der Waals surface area contributed by atoms with Crippen LogP contribution in [0.25, 0.3) is 11.3 Å². The van der Waals surface area contributed by atoms with Gasteiger partial charge in [0.25, 0.3) is 0 Å². The molecule has 108 valence electrons. The number of anilines is 1. The molecule has 1 aromatic carbocycles. The molecule has 21 heavy (non-hydrogen) atoms. The van der Waals surface area contributed by atoms with Crippen molar-refractivity contribution >= 4 is 11.6 Å². The van der Waals surface area contributed by atoms with Crippen LogP contribution in [0.5, 0.6) is 0 Å². The van der Waals surface area contributed by atoms with E-state index in [1.165, 1.54) is 0 Å². The molecule has 1 aliphatic rings. The number of rotatable bonds is 3. The number of carbonyl (C=O) groups excluding carboxylic acids is 1. The zero-order chi connectivity index (χ0) is 14.8. The number of aryl methyl sites for hydroxylation is 1. The maximum atomic E-state index is 12.1. The minimum Gasteiger partial charge on any atom is -0.330 e. The molecule has 0 aliphatic carbocycles. The van der Waals surface area contributed by atoms with E-state index in [0.29, 0.717) is 19.5 Å². The molecule has 1 unspecified atom stereocenters. The Labute approximate surface area is 123 Å². The molecule has 5 heteroatoms. The molecule has 2 heterocycles. The van der Waals surface area contributed by atoms with Gasteiger partial charge in [0.2, 0.25) is 5.91 Å². The van der Waals surface area contributed by atoms with Crippen molar-refractivity contribution in [1.82, 2.24) is 9.97 Å². The fourth-order valence-electron chi connectivity index (χ4n) is 2.64. The predicted molar refractivity (Wildman–Crippen MR) is 81.7 cm³/mol. The Hall–Kier alpha value is -2.27. The summed E-state index contributed by atoms with van der Waals surface area (Å²) in [4.78, 5) is 22.4. The van der Waals surface area contributed by atoms with Gasteiger partial charge in [0.1, 0.15) is 5.82 Å². The molecule has 1 saturated heterocycles. The van der Waals surface area contributed by atoms with Crippen LogP contribution in [0.3, 0.4) is 0 Å². The number of benzene rings is 1. The Morgan fingerprint density at radius 2 is 2.24 bits per heavy atom. The third-order valence-electron chi connectivity index (χ3n) is 3.77. The highest BCUT2D eigenvalue weighted by atomic mass is 16.2. The van der Waals surface area contributed by atoms with E-state index in [-0.39, 0.29) is 11.8 Å². The van der Waals surface area contributed by atoms with Crippen molar-refractivity contribution in [2.45, 2.75) is 13.3 Å². The van der Waals surface area contributed by atoms with Crippen LogP contribution >= 0.6 is 0 Å². The van der Waals surface area contributed by atoms with Crippen molar-refractivity contribution in [2.24, 2.45) is 11.7 Å². The van der Waals surface area contributed by atoms with Crippen LogP contribution in [0.15, 0.2) is 36.5 Å². The minimum absolute atomic E-state index is 0.140. The second-order valence-corrected chi connectivity index (χ2v) is 5.35. The van der Waals surface area contributed by atoms with Gasteiger partial charge in [0.05, 0.1) is 5.69 Å². The van der Waals surface area contributed by atoms with Crippen LogP contribution in [0.4, 0.5) is 5.69 Å². The number of hydrogen-bond acceptors (Lipinski definition) is 4. The molecular formula is C16H18N4O. The molecule has 1 amide bonds. The lowest BCUT2D eigenvalue weighted by atomic mass is 10.1. The molecule has 0 bridgehead atoms. The standard InChI is InChI=1S/C16H18N4O/c1-11-18-6-5-15(19-11)13-3-2-4-14(8-13)20-10-12(9-17)7-16(20)21/h2-6,8,12H,7,9-10,17H2,1H3. The molecule has 0 radical (unpaired) electrons. The van der Waals surface area contributed by atoms with Crippen molar-refractivity contribution in [2.75, 3.05) is 18.0 Å². The fourth-order valence-corrected chi connectivity index (χ4v) is 2.64. The minimum atomic E-state index is 0.140. The normalized spacial score (nSPS) is 18.3. The van der Waals surface area contributed by atoms with Gasteiger partial charge < -0.3 is 10.6 Å². The van der Waals surface area contributed by atoms with Gasteiger partial charge in [-0.05, 0) is 37.6 Å². The number of aromatic nitrogens is 2. The number of hydrogen-bond donors (Lipinski definition) is 1. The zero-order valence-corrected chi connectivity index (χ0v) is 12.0. The average molecular weight is 282 g/mol. The Balaban J connectivity index is 1.92. The second-order valence-electron chi connectivity index (χ2n) is 5.35. The molecule has 1 aliphatic heterocycles. The number of amides is 1. The van der Waals surface area contributed by atoms with Gasteiger partial charge in [-0.25, -0.2) is 9.97 Å². The van der Waals surface area contributed by atoms with Gasteiger partial charge in [-0.1, -0.05) is 12.1 Å². The van der Waals surface area contributed by atoms with Crippen molar-refractivity contribution < 1.29 is 4.79 Å². The summed E-state index contributed by atoms with van der Waals surface area (Å²) in [6.07, 6.45) is 2.28. The fraction of sp³-hybridized carbons (Fsp3) is 0.312. The van der Waals surface area contributed by atoms with E-state index in [1.54, 1.807) is 6.20 Å². The van der Waals surface area contributed by atoms with E-state index >= 15 is 0 Å². The van der Waals surface area contributed by atoms with Gasteiger partial charge in [-0.3, -0.25) is 4.79 Å².